The third-order valence-corrected chi connectivity index (χ3v) is 3.93. The summed E-state index contributed by atoms with van der Waals surface area (Å²) in [4.78, 5) is 25.2. The van der Waals surface area contributed by atoms with Gasteiger partial charge in [0, 0.05) is 12.1 Å². The maximum Gasteiger partial charge on any atom is 0.339 e. The Morgan fingerprint density at radius 3 is 2.65 bits per heavy atom. The molecule has 2 amide bonds. The lowest BCUT2D eigenvalue weighted by Crippen LogP contribution is -2.45. The molecule has 0 spiro atoms. The zero-order valence-electron chi connectivity index (χ0n) is 11.4. The van der Waals surface area contributed by atoms with E-state index in [1.807, 2.05) is 13.8 Å². The highest BCUT2D eigenvalue weighted by atomic mass is 35.5. The molecule has 0 unspecified atom stereocenters. The minimum atomic E-state index is -1.16. The smallest absolute Gasteiger partial charge is 0.339 e. The van der Waals surface area contributed by atoms with Crippen LogP contribution in [0.1, 0.15) is 37.0 Å². The van der Waals surface area contributed by atoms with E-state index in [-0.39, 0.29) is 27.8 Å². The van der Waals surface area contributed by atoms with Crippen molar-refractivity contribution in [3.8, 4) is 0 Å². The van der Waals surface area contributed by atoms with Gasteiger partial charge in [-0.2, -0.15) is 0 Å². The molecule has 0 saturated carbocycles. The van der Waals surface area contributed by atoms with Gasteiger partial charge in [0.25, 0.3) is 0 Å². The molecule has 1 heterocycles. The number of benzene rings is 1. The average molecular weight is 297 g/mol. The first-order valence-electron chi connectivity index (χ1n) is 6.43. The highest BCUT2D eigenvalue weighted by molar-refractivity contribution is 6.34. The maximum atomic E-state index is 12.3. The van der Waals surface area contributed by atoms with Gasteiger partial charge in [-0.15, -0.1) is 0 Å². The molecule has 0 atom stereocenters. The number of anilines is 1. The number of hydrogen-bond donors (Lipinski definition) is 2. The lowest BCUT2D eigenvalue weighted by atomic mass is 10.0. The van der Waals surface area contributed by atoms with Gasteiger partial charge in [-0.25, -0.2) is 9.59 Å². The van der Waals surface area contributed by atoms with Crippen LogP contribution in [0.4, 0.5) is 10.5 Å². The van der Waals surface area contributed by atoms with E-state index in [9.17, 15) is 14.7 Å². The Morgan fingerprint density at radius 1 is 1.40 bits per heavy atom. The third-order valence-electron chi connectivity index (χ3n) is 3.62. The fourth-order valence-corrected chi connectivity index (χ4v) is 2.77. The highest BCUT2D eigenvalue weighted by Crippen LogP contribution is 2.30. The Bertz CT molecular complexity index is 557. The van der Waals surface area contributed by atoms with Crippen molar-refractivity contribution in [3.63, 3.8) is 0 Å². The van der Waals surface area contributed by atoms with Crippen LogP contribution in [0.2, 0.25) is 5.02 Å². The first-order valence-corrected chi connectivity index (χ1v) is 6.81. The summed E-state index contributed by atoms with van der Waals surface area (Å²) in [5.41, 5.74) is -0.0799. The molecule has 2 rings (SSSR count). The first-order chi connectivity index (χ1) is 9.33. The Labute approximate surface area is 122 Å². The van der Waals surface area contributed by atoms with E-state index in [2.05, 4.69) is 5.32 Å². The molecular weight excluding hydrogens is 280 g/mol. The molecule has 6 heteroatoms. The summed E-state index contributed by atoms with van der Waals surface area (Å²) in [5, 5.41) is 11.9. The zero-order valence-corrected chi connectivity index (χ0v) is 12.2. The molecule has 1 fully saturated rings. The number of urea groups is 1. The van der Waals surface area contributed by atoms with E-state index in [4.69, 9.17) is 11.6 Å². The number of nitrogens with one attached hydrogen (secondary N) is 1. The molecular formula is C14H17ClN2O3. The average Bonchev–Trinajstić information content (AvgIpc) is 2.68. The molecule has 1 saturated heterocycles. The topological polar surface area (TPSA) is 69.6 Å². The van der Waals surface area contributed by atoms with Crippen LogP contribution in [0.15, 0.2) is 18.2 Å². The number of nitrogens with zero attached hydrogens (tertiary/aromatic N) is 1. The van der Waals surface area contributed by atoms with Gasteiger partial charge in [0.2, 0.25) is 0 Å². The molecule has 0 aliphatic carbocycles. The van der Waals surface area contributed by atoms with Gasteiger partial charge in [-0.3, -0.25) is 0 Å². The fraction of sp³-hybridized carbons (Fsp3) is 0.429. The highest BCUT2D eigenvalue weighted by Gasteiger charge is 2.35. The Hall–Kier alpha value is -1.75. The number of rotatable bonds is 2. The number of carboxylic acids is 1. The van der Waals surface area contributed by atoms with Gasteiger partial charge in [-0.05, 0) is 38.8 Å². The monoisotopic (exact) mass is 296 g/mol. The molecule has 1 aromatic carbocycles. The largest absolute Gasteiger partial charge is 0.478 e. The van der Waals surface area contributed by atoms with Crippen LogP contribution < -0.4 is 5.32 Å². The molecule has 0 radical (unpaired) electrons. The zero-order chi connectivity index (χ0) is 14.9. The van der Waals surface area contributed by atoms with Crippen LogP contribution in [-0.4, -0.2) is 34.1 Å². The van der Waals surface area contributed by atoms with Crippen LogP contribution in [0.5, 0.6) is 0 Å². The molecule has 0 aromatic heterocycles. The number of hydrogen-bond acceptors (Lipinski definition) is 2. The Balaban J connectivity index is 2.25. The second-order valence-electron chi connectivity index (χ2n) is 5.47. The van der Waals surface area contributed by atoms with Crippen molar-refractivity contribution in [2.75, 3.05) is 11.9 Å². The number of carbonyl (C=O) groups is 2. The lowest BCUT2D eigenvalue weighted by Gasteiger charge is -2.31. The van der Waals surface area contributed by atoms with Crippen molar-refractivity contribution >= 4 is 29.3 Å². The van der Waals surface area contributed by atoms with Gasteiger partial charge in [0.15, 0.2) is 0 Å². The predicted molar refractivity (Wildman–Crippen MR) is 77.4 cm³/mol. The second kappa shape index (κ2) is 5.32. The van der Waals surface area contributed by atoms with Gasteiger partial charge in [0.05, 0.1) is 10.7 Å². The normalized spacial score (nSPS) is 17.1. The van der Waals surface area contributed by atoms with Crippen LogP contribution in [0, 0.1) is 0 Å². The summed E-state index contributed by atoms with van der Waals surface area (Å²) in [5.74, 6) is -1.16. The summed E-state index contributed by atoms with van der Waals surface area (Å²) in [6, 6.07) is 4.34. The second-order valence-corrected chi connectivity index (χ2v) is 5.87. The van der Waals surface area contributed by atoms with Crippen molar-refractivity contribution in [1.82, 2.24) is 4.90 Å². The minimum absolute atomic E-state index is 0.0838. The van der Waals surface area contributed by atoms with Crippen molar-refractivity contribution < 1.29 is 14.7 Å². The summed E-state index contributed by atoms with van der Waals surface area (Å²) in [6.45, 7) is 4.66. The first kappa shape index (κ1) is 14.7. The van der Waals surface area contributed by atoms with Crippen molar-refractivity contribution in [2.24, 2.45) is 0 Å². The predicted octanol–water partition coefficient (Wildman–Crippen LogP) is 3.44. The third kappa shape index (κ3) is 2.72. The molecule has 20 heavy (non-hydrogen) atoms. The van der Waals surface area contributed by atoms with Crippen molar-refractivity contribution in [1.29, 1.82) is 0 Å². The summed E-state index contributed by atoms with van der Waals surface area (Å²) in [6.07, 6.45) is 1.88. The van der Waals surface area contributed by atoms with Crippen LogP contribution in [-0.2, 0) is 0 Å². The van der Waals surface area contributed by atoms with Crippen LogP contribution >= 0.6 is 11.6 Å². The SMILES string of the molecule is CC1(C)CCCN1C(=O)Nc1cccc(Cl)c1C(=O)O. The Morgan fingerprint density at radius 2 is 2.10 bits per heavy atom. The standard InChI is InChI=1S/C14H17ClN2O3/c1-14(2)7-4-8-17(14)13(20)16-10-6-3-5-9(15)11(10)12(18)19/h3,5-6H,4,7-8H2,1-2H3,(H,16,20)(H,18,19). The maximum absolute atomic E-state index is 12.3. The molecule has 2 N–H and O–H groups in total. The molecule has 0 bridgehead atoms. The number of likely N-dealkylation sites (tertiary alicyclic amines) is 1. The van der Waals surface area contributed by atoms with Gasteiger partial charge in [-0.1, -0.05) is 17.7 Å². The number of carboxylic acid groups (broad SMARTS) is 1. The van der Waals surface area contributed by atoms with Crippen LogP contribution in [0.3, 0.4) is 0 Å². The van der Waals surface area contributed by atoms with Gasteiger partial charge in [0.1, 0.15) is 5.56 Å². The van der Waals surface area contributed by atoms with E-state index >= 15 is 0 Å². The minimum Gasteiger partial charge on any atom is -0.478 e. The van der Waals surface area contributed by atoms with E-state index in [0.29, 0.717) is 6.54 Å². The summed E-state index contributed by atoms with van der Waals surface area (Å²) < 4.78 is 0. The molecule has 1 aromatic rings. The number of halogens is 1. The summed E-state index contributed by atoms with van der Waals surface area (Å²) >= 11 is 5.88. The fourth-order valence-electron chi connectivity index (χ4n) is 2.51. The number of amides is 2. The summed E-state index contributed by atoms with van der Waals surface area (Å²) in [7, 11) is 0. The molecule has 108 valence electrons. The van der Waals surface area contributed by atoms with Crippen LogP contribution in [0.25, 0.3) is 0 Å². The Kier molecular flexibility index (Phi) is 3.90. The molecule has 1 aliphatic heterocycles. The van der Waals surface area contributed by atoms with Crippen molar-refractivity contribution in [3.05, 3.63) is 28.8 Å². The molecule has 1 aliphatic rings. The lowest BCUT2D eigenvalue weighted by molar-refractivity contribution is 0.0698. The van der Waals surface area contributed by atoms with E-state index in [0.717, 1.165) is 12.8 Å². The van der Waals surface area contributed by atoms with E-state index in [1.54, 1.807) is 11.0 Å². The van der Waals surface area contributed by atoms with Gasteiger partial charge >= 0.3 is 12.0 Å². The molecule has 5 nitrogen and oxygen atoms in total. The van der Waals surface area contributed by atoms with E-state index in [1.165, 1.54) is 12.1 Å². The number of aromatic carboxylic acids is 1. The van der Waals surface area contributed by atoms with E-state index < -0.39 is 5.97 Å². The van der Waals surface area contributed by atoms with Crippen molar-refractivity contribution in [2.45, 2.75) is 32.2 Å². The quantitative estimate of drug-likeness (QED) is 0.878. The van der Waals surface area contributed by atoms with Gasteiger partial charge < -0.3 is 15.3 Å². The number of carbonyl (C=O) groups excluding carboxylic acids is 1.